The fourth-order valence-electron chi connectivity index (χ4n) is 0. The van der Waals surface area contributed by atoms with Crippen molar-refractivity contribution in [2.24, 2.45) is 0 Å². The Kier molecular flexibility index (Phi) is 51.8. The van der Waals surface area contributed by atoms with Gasteiger partial charge in [0.05, 0.1) is 0 Å². The molecule has 10 heteroatoms. The molecule has 54 valence electrons. The van der Waals surface area contributed by atoms with Crippen molar-refractivity contribution in [2.45, 2.75) is 0 Å². The molecule has 0 unspecified atom stereocenters. The van der Waals surface area contributed by atoms with Crippen molar-refractivity contribution >= 4 is 19.7 Å². The Morgan fingerprint density at radius 3 is 1.10 bits per heavy atom. The molecule has 0 bridgehead atoms. The van der Waals surface area contributed by atoms with Crippen molar-refractivity contribution in [2.75, 3.05) is 0 Å². The smallest absolute Gasteiger partial charge is 1.00 e. The zero-order chi connectivity index (χ0) is 6.50. The summed E-state index contributed by atoms with van der Waals surface area (Å²) in [6, 6.07) is 0. The second kappa shape index (κ2) is 17.7. The van der Waals surface area contributed by atoms with E-state index in [0.29, 0.717) is 0 Å². The van der Waals surface area contributed by atoms with Gasteiger partial charge in [-0.25, -0.2) is 16.4 Å². The monoisotopic (exact) mass is 230 g/mol. The molecule has 3 N–H and O–H groups in total. The third-order valence-electron chi connectivity index (χ3n) is 0. The Morgan fingerprint density at radius 1 is 1.10 bits per heavy atom. The summed E-state index contributed by atoms with van der Waals surface area (Å²) < 4.78 is 16.6. The van der Waals surface area contributed by atoms with Gasteiger partial charge in [-0.2, -0.15) is 0 Å². The van der Waals surface area contributed by atoms with Crippen LogP contribution < -0.4 is 76.2 Å². The number of hydrogen-bond donors (Lipinski definition) is 3. The van der Waals surface area contributed by atoms with Crippen molar-refractivity contribution in [3.63, 3.8) is 0 Å². The van der Waals surface area contributed by atoms with E-state index in [-0.39, 0.29) is 71.5 Å². The Bertz CT molecular complexity index is 63.8. The molecule has 0 aliphatic carbocycles. The molecule has 0 heterocycles. The second-order valence-electron chi connectivity index (χ2n) is 0.513. The van der Waals surface area contributed by atoms with Crippen molar-refractivity contribution in [1.29, 1.82) is 0 Å². The zero-order valence-corrected chi connectivity index (χ0v) is 11.8. The third-order valence-corrected chi connectivity index (χ3v) is 0. The molecular formula is H3Cl2Na2O5P. The van der Waals surface area contributed by atoms with E-state index in [2.05, 4.69) is 11.9 Å². The van der Waals surface area contributed by atoms with Crippen LogP contribution in [0.15, 0.2) is 0 Å². The molecule has 10 heavy (non-hydrogen) atoms. The third kappa shape index (κ3) is 141. The predicted molar refractivity (Wildman–Crippen MR) is 20.1 cm³/mol. The predicted octanol–water partition coefficient (Wildman–Crippen LogP) is -10.4. The Morgan fingerprint density at radius 2 is 1.10 bits per heavy atom. The Labute approximate surface area is 114 Å². The summed E-state index contributed by atoms with van der Waals surface area (Å²) in [5, 5.41) is 0. The van der Waals surface area contributed by atoms with Crippen LogP contribution in [-0.4, -0.2) is 14.7 Å². The van der Waals surface area contributed by atoms with E-state index in [4.69, 9.17) is 23.9 Å². The van der Waals surface area contributed by atoms with Crippen LogP contribution in [0.5, 0.6) is 0 Å². The maximum Gasteiger partial charge on any atom is 1.00 e. The summed E-state index contributed by atoms with van der Waals surface area (Å²) in [7, 11) is -4.64. The van der Waals surface area contributed by atoms with Gasteiger partial charge in [0.15, 0.2) is 0 Å². The summed E-state index contributed by atoms with van der Waals surface area (Å²) in [6.45, 7) is 0. The van der Waals surface area contributed by atoms with Crippen LogP contribution in [0.1, 0.15) is 0 Å². The van der Waals surface area contributed by atoms with E-state index < -0.39 is 7.82 Å². The number of halogens is 2. The molecule has 0 aliphatic rings. The van der Waals surface area contributed by atoms with E-state index in [1.54, 1.807) is 0 Å². The van der Waals surface area contributed by atoms with Gasteiger partial charge in [-0.05, 0) is 0 Å². The molecule has 0 rings (SSSR count). The summed E-state index contributed by atoms with van der Waals surface area (Å²) >= 11 is 3.39. The Hall–Kier alpha value is 2.65. The largest absolute Gasteiger partial charge is 1.00 e. The first-order valence-corrected chi connectivity index (χ1v) is 2.81. The van der Waals surface area contributed by atoms with Crippen molar-refractivity contribution in [1.82, 2.24) is 0 Å². The summed E-state index contributed by atoms with van der Waals surface area (Å²) in [6.07, 6.45) is 0. The summed E-state index contributed by atoms with van der Waals surface area (Å²) in [5.41, 5.74) is 0. The summed E-state index contributed by atoms with van der Waals surface area (Å²) in [4.78, 5) is 21.6. The fraction of sp³-hybridized carbons (Fsp3) is 0. The normalized spacial score (nSPS) is 6.50. The van der Waals surface area contributed by atoms with Gasteiger partial charge in [-0.15, -0.1) is 0 Å². The van der Waals surface area contributed by atoms with Gasteiger partial charge in [0.1, 0.15) is 0 Å². The van der Waals surface area contributed by atoms with Gasteiger partial charge in [-0.3, -0.25) is 0 Å². The second-order valence-corrected chi connectivity index (χ2v) is 1.54. The van der Waals surface area contributed by atoms with Crippen LogP contribution in [0.25, 0.3) is 0 Å². The molecule has 0 atom stereocenters. The molecule has 0 aliphatic heterocycles. The van der Waals surface area contributed by atoms with Crippen molar-refractivity contribution in [3.8, 4) is 0 Å². The van der Waals surface area contributed by atoms with Crippen LogP contribution in [0.2, 0.25) is 0 Å². The van der Waals surface area contributed by atoms with Crippen molar-refractivity contribution in [3.05, 3.63) is 0 Å². The van der Waals surface area contributed by atoms with Crippen LogP contribution in [-0.2, 0) is 4.57 Å². The molecule has 0 saturated heterocycles. The molecule has 0 fully saturated rings. The van der Waals surface area contributed by atoms with Gasteiger partial charge >= 0.3 is 66.9 Å². The maximum atomic E-state index is 8.88. The standard InChI is InChI=1S/ClO.ClH.2Na.H3O4P/c1-2;;;;1-5(2,3)4/h;1H;;;(H3,1,2,3,4)/q-1;;2*+1;/p-1. The molecule has 0 radical (unpaired) electrons. The molecule has 0 aromatic rings. The first-order valence-electron chi connectivity index (χ1n) is 0.937. The first kappa shape index (κ1) is 29.3. The molecule has 0 amide bonds. The van der Waals surface area contributed by atoms with Crippen LogP contribution in [0.4, 0.5) is 0 Å². The number of hydrogen-bond acceptors (Lipinski definition) is 2. The van der Waals surface area contributed by atoms with Crippen LogP contribution >= 0.6 is 19.7 Å². The van der Waals surface area contributed by atoms with Crippen LogP contribution in [0.3, 0.4) is 0 Å². The molecule has 0 aromatic carbocycles. The zero-order valence-electron chi connectivity index (χ0n) is 5.36. The van der Waals surface area contributed by atoms with E-state index in [0.717, 1.165) is 0 Å². The van der Waals surface area contributed by atoms with Gasteiger partial charge in [0.25, 0.3) is 0 Å². The molecule has 5 nitrogen and oxygen atoms in total. The van der Waals surface area contributed by atoms with Gasteiger partial charge < -0.3 is 31.7 Å². The summed E-state index contributed by atoms with van der Waals surface area (Å²) in [5.74, 6) is 0. The fourth-order valence-corrected chi connectivity index (χ4v) is 0. The molecule has 0 spiro atoms. The minimum Gasteiger partial charge on any atom is -1.00 e. The van der Waals surface area contributed by atoms with Gasteiger partial charge in [-0.1, -0.05) is 0 Å². The quantitative estimate of drug-likeness (QED) is 0.284. The van der Waals surface area contributed by atoms with Crippen molar-refractivity contribution < 1.29 is 95.4 Å². The average Bonchev–Trinajstić information content (AvgIpc) is 1.36. The number of phosphoric acid groups is 1. The van der Waals surface area contributed by atoms with E-state index >= 15 is 0 Å². The topological polar surface area (TPSA) is 101 Å². The van der Waals surface area contributed by atoms with Gasteiger partial charge in [0.2, 0.25) is 0 Å². The molecule has 0 aromatic heterocycles. The minimum absolute atomic E-state index is 0. The maximum absolute atomic E-state index is 8.88. The van der Waals surface area contributed by atoms with Crippen LogP contribution in [0, 0.1) is 0 Å². The molecular weight excluding hydrogens is 228 g/mol. The first-order chi connectivity index (χ1) is 3.00. The SMILES string of the molecule is O=P(O)(O)O.[Cl-].[Na+].[Na+].[O-]Cl. The van der Waals surface area contributed by atoms with E-state index in [9.17, 15) is 0 Å². The average molecular weight is 231 g/mol. The van der Waals surface area contributed by atoms with Gasteiger partial charge in [0, 0.05) is 0 Å². The number of rotatable bonds is 0. The minimum atomic E-state index is -4.64. The van der Waals surface area contributed by atoms with E-state index in [1.807, 2.05) is 0 Å². The Balaban J connectivity index is -0.0000000154. The molecule has 0 saturated carbocycles. The van der Waals surface area contributed by atoms with E-state index in [1.165, 1.54) is 0 Å².